The molecule has 1 saturated heterocycles. The van der Waals surface area contributed by atoms with Gasteiger partial charge in [-0.1, -0.05) is 17.7 Å². The number of nitrogens with one attached hydrogen (secondary N) is 1. The van der Waals surface area contributed by atoms with E-state index in [0.717, 1.165) is 5.56 Å². The van der Waals surface area contributed by atoms with Crippen molar-refractivity contribution in [2.75, 3.05) is 11.9 Å². The number of ether oxygens (including phenoxy) is 1. The molecule has 1 amide bonds. The van der Waals surface area contributed by atoms with Crippen LogP contribution < -0.4 is 5.32 Å². The van der Waals surface area contributed by atoms with E-state index in [1.807, 2.05) is 26.8 Å². The van der Waals surface area contributed by atoms with E-state index in [2.05, 4.69) is 5.32 Å². The van der Waals surface area contributed by atoms with E-state index < -0.39 is 23.0 Å². The average molecular weight is 289 g/mol. The van der Waals surface area contributed by atoms with Crippen LogP contribution in [0.15, 0.2) is 18.2 Å². The van der Waals surface area contributed by atoms with Gasteiger partial charge in [0.05, 0.1) is 18.1 Å². The standard InChI is InChI=1S/C16H19NO4/c1-9-4-5-12-10(6-9)16(20,14(19)17-12)11-8-21-15(2,3)7-13(11)18/h4-6,11,20H,7-8H2,1-3H3,(H,17,19)/t11-,16+/m1/s1. The van der Waals surface area contributed by atoms with Crippen LogP contribution in [0.2, 0.25) is 0 Å². The molecule has 112 valence electrons. The predicted octanol–water partition coefficient (Wildman–Crippen LogP) is 1.52. The highest BCUT2D eigenvalue weighted by molar-refractivity contribution is 6.08. The molecule has 5 heteroatoms. The molecule has 2 aliphatic heterocycles. The van der Waals surface area contributed by atoms with Crippen molar-refractivity contribution in [3.8, 4) is 0 Å². The lowest BCUT2D eigenvalue weighted by Crippen LogP contribution is -2.53. The minimum absolute atomic E-state index is 0.0448. The van der Waals surface area contributed by atoms with Crippen LogP contribution in [0.25, 0.3) is 0 Å². The zero-order valence-corrected chi connectivity index (χ0v) is 12.4. The lowest BCUT2D eigenvalue weighted by Gasteiger charge is -2.39. The summed E-state index contributed by atoms with van der Waals surface area (Å²) in [6.45, 7) is 5.59. The molecule has 0 spiro atoms. The number of aliphatic hydroxyl groups is 1. The number of hydrogen-bond donors (Lipinski definition) is 2. The molecule has 0 aliphatic carbocycles. The van der Waals surface area contributed by atoms with Gasteiger partial charge in [-0.15, -0.1) is 0 Å². The number of Topliss-reactive ketones (excluding diaryl/α,β-unsaturated/α-hetero) is 1. The zero-order chi connectivity index (χ0) is 15.4. The van der Waals surface area contributed by atoms with Crippen molar-refractivity contribution < 1.29 is 19.4 Å². The number of anilines is 1. The topological polar surface area (TPSA) is 75.6 Å². The van der Waals surface area contributed by atoms with Crippen molar-refractivity contribution in [1.82, 2.24) is 0 Å². The van der Waals surface area contributed by atoms with Gasteiger partial charge in [-0.05, 0) is 26.8 Å². The minimum atomic E-state index is -1.84. The summed E-state index contributed by atoms with van der Waals surface area (Å²) in [6.07, 6.45) is 0.189. The molecule has 0 aromatic heterocycles. The molecule has 2 N–H and O–H groups in total. The Labute approximate surface area is 123 Å². The lowest BCUT2D eigenvalue weighted by molar-refractivity contribution is -0.171. The second kappa shape index (κ2) is 4.39. The fraction of sp³-hybridized carbons (Fsp3) is 0.500. The van der Waals surface area contributed by atoms with Crippen LogP contribution in [-0.2, 0) is 19.9 Å². The molecular weight excluding hydrogens is 270 g/mol. The van der Waals surface area contributed by atoms with Crippen molar-refractivity contribution in [2.45, 2.75) is 38.4 Å². The van der Waals surface area contributed by atoms with Crippen molar-refractivity contribution in [3.05, 3.63) is 29.3 Å². The maximum atomic E-state index is 12.4. The maximum Gasteiger partial charge on any atom is 0.261 e. The summed E-state index contributed by atoms with van der Waals surface area (Å²) in [5, 5.41) is 13.6. The normalized spacial score (nSPS) is 31.0. The van der Waals surface area contributed by atoms with Crippen molar-refractivity contribution in [3.63, 3.8) is 0 Å². The third-order valence-corrected chi connectivity index (χ3v) is 4.31. The second-order valence-corrected chi connectivity index (χ2v) is 6.54. The van der Waals surface area contributed by atoms with Gasteiger partial charge in [0.2, 0.25) is 0 Å². The molecule has 1 aromatic carbocycles. The van der Waals surface area contributed by atoms with Crippen molar-refractivity contribution in [1.29, 1.82) is 0 Å². The molecule has 0 bridgehead atoms. The number of ketones is 1. The summed E-state index contributed by atoms with van der Waals surface area (Å²) in [6, 6.07) is 5.35. The number of aryl methyl sites for hydroxylation is 1. The summed E-state index contributed by atoms with van der Waals surface area (Å²) in [5.41, 5.74) is -0.434. The SMILES string of the molecule is Cc1ccc2c(c1)[C@](O)([C@@H]1COC(C)(C)CC1=O)C(=O)N2. The van der Waals surface area contributed by atoms with E-state index in [1.165, 1.54) is 0 Å². The van der Waals surface area contributed by atoms with Crippen LogP contribution >= 0.6 is 0 Å². The number of amides is 1. The Hall–Kier alpha value is -1.72. The van der Waals surface area contributed by atoms with E-state index in [4.69, 9.17) is 4.74 Å². The first-order valence-electron chi connectivity index (χ1n) is 7.06. The largest absolute Gasteiger partial charge is 0.375 e. The van der Waals surface area contributed by atoms with E-state index >= 15 is 0 Å². The van der Waals surface area contributed by atoms with E-state index in [9.17, 15) is 14.7 Å². The van der Waals surface area contributed by atoms with Crippen LogP contribution in [0.3, 0.4) is 0 Å². The Morgan fingerprint density at radius 2 is 2.05 bits per heavy atom. The van der Waals surface area contributed by atoms with E-state index in [0.29, 0.717) is 11.3 Å². The fourth-order valence-electron chi connectivity index (χ4n) is 3.12. The molecule has 2 heterocycles. The first-order chi connectivity index (χ1) is 9.74. The summed E-state index contributed by atoms with van der Waals surface area (Å²) in [4.78, 5) is 24.7. The highest BCUT2D eigenvalue weighted by Gasteiger charge is 2.56. The maximum absolute atomic E-state index is 12.4. The quantitative estimate of drug-likeness (QED) is 0.822. The van der Waals surface area contributed by atoms with Crippen molar-refractivity contribution >= 4 is 17.4 Å². The number of fused-ring (bicyclic) bond motifs is 1. The molecule has 0 saturated carbocycles. The van der Waals surface area contributed by atoms with Gasteiger partial charge in [-0.3, -0.25) is 9.59 Å². The molecule has 2 atom stereocenters. The highest BCUT2D eigenvalue weighted by atomic mass is 16.5. The Bertz CT molecular complexity index is 637. The second-order valence-electron chi connectivity index (χ2n) is 6.54. The van der Waals surface area contributed by atoms with Gasteiger partial charge in [0, 0.05) is 17.7 Å². The lowest BCUT2D eigenvalue weighted by atomic mass is 9.75. The summed E-state index contributed by atoms with van der Waals surface area (Å²) >= 11 is 0. The van der Waals surface area contributed by atoms with Gasteiger partial charge in [0.15, 0.2) is 5.60 Å². The number of carbonyl (C=O) groups excluding carboxylic acids is 2. The Balaban J connectivity index is 2.04. The summed E-state index contributed by atoms with van der Waals surface area (Å²) in [5.74, 6) is -1.56. The third kappa shape index (κ3) is 2.08. The Morgan fingerprint density at radius 1 is 1.33 bits per heavy atom. The minimum Gasteiger partial charge on any atom is -0.375 e. The number of rotatable bonds is 1. The van der Waals surface area contributed by atoms with Gasteiger partial charge in [-0.2, -0.15) is 0 Å². The molecule has 1 aromatic rings. The van der Waals surface area contributed by atoms with Crippen LogP contribution in [-0.4, -0.2) is 29.0 Å². The smallest absolute Gasteiger partial charge is 0.261 e. The Morgan fingerprint density at radius 3 is 2.71 bits per heavy atom. The summed E-state index contributed by atoms with van der Waals surface area (Å²) < 4.78 is 5.66. The van der Waals surface area contributed by atoms with Gasteiger partial charge in [0.1, 0.15) is 5.78 Å². The highest BCUT2D eigenvalue weighted by Crippen LogP contribution is 2.44. The molecule has 21 heavy (non-hydrogen) atoms. The van der Waals surface area contributed by atoms with Gasteiger partial charge in [0.25, 0.3) is 5.91 Å². The number of benzene rings is 1. The Kier molecular flexibility index (Phi) is 2.97. The summed E-state index contributed by atoms with van der Waals surface area (Å²) in [7, 11) is 0. The first kappa shape index (κ1) is 14.2. The number of carbonyl (C=O) groups is 2. The number of hydrogen-bond acceptors (Lipinski definition) is 4. The predicted molar refractivity (Wildman–Crippen MR) is 76.9 cm³/mol. The molecule has 3 rings (SSSR count). The van der Waals surface area contributed by atoms with Crippen LogP contribution in [0.4, 0.5) is 5.69 Å². The fourth-order valence-corrected chi connectivity index (χ4v) is 3.12. The van der Waals surface area contributed by atoms with E-state index in [-0.39, 0.29) is 18.8 Å². The van der Waals surface area contributed by atoms with Gasteiger partial charge >= 0.3 is 0 Å². The monoisotopic (exact) mass is 289 g/mol. The molecule has 5 nitrogen and oxygen atoms in total. The van der Waals surface area contributed by atoms with Crippen molar-refractivity contribution in [2.24, 2.45) is 5.92 Å². The van der Waals surface area contributed by atoms with Crippen LogP contribution in [0, 0.1) is 12.8 Å². The molecular formula is C16H19NO4. The van der Waals surface area contributed by atoms with E-state index in [1.54, 1.807) is 12.1 Å². The zero-order valence-electron chi connectivity index (χ0n) is 12.4. The average Bonchev–Trinajstić information content (AvgIpc) is 2.62. The van der Waals surface area contributed by atoms with Gasteiger partial charge in [-0.25, -0.2) is 0 Å². The molecule has 2 aliphatic rings. The first-order valence-corrected chi connectivity index (χ1v) is 7.06. The van der Waals surface area contributed by atoms with Crippen LogP contribution in [0.1, 0.15) is 31.4 Å². The molecule has 1 fully saturated rings. The third-order valence-electron chi connectivity index (χ3n) is 4.31. The molecule has 0 unspecified atom stereocenters. The molecule has 0 radical (unpaired) electrons. The van der Waals surface area contributed by atoms with Gasteiger partial charge < -0.3 is 15.2 Å². The van der Waals surface area contributed by atoms with Crippen LogP contribution in [0.5, 0.6) is 0 Å².